The maximum atomic E-state index is 10.9. The molecule has 0 fully saturated rings. The zero-order valence-electron chi connectivity index (χ0n) is 15.2. The molecule has 0 aliphatic heterocycles. The second-order valence-electron chi connectivity index (χ2n) is 7.69. The van der Waals surface area contributed by atoms with Gasteiger partial charge in [0, 0.05) is 5.16 Å². The van der Waals surface area contributed by atoms with Gasteiger partial charge in [-0.05, 0) is 22.7 Å². The summed E-state index contributed by atoms with van der Waals surface area (Å²) in [6.07, 6.45) is 0. The van der Waals surface area contributed by atoms with Gasteiger partial charge in [0.2, 0.25) is 0 Å². The van der Waals surface area contributed by atoms with E-state index >= 15 is 0 Å². The molecule has 1 aromatic rings. The first-order valence-electron chi connectivity index (χ1n) is 7.78. The summed E-state index contributed by atoms with van der Waals surface area (Å²) in [5.74, 6) is 1.28. The van der Waals surface area contributed by atoms with Gasteiger partial charge in [-0.2, -0.15) is 0 Å². The van der Waals surface area contributed by atoms with E-state index in [9.17, 15) is 10.2 Å². The van der Waals surface area contributed by atoms with Crippen molar-refractivity contribution in [3.8, 4) is 11.5 Å². The number of benzene rings is 1. The number of aliphatic hydroxyl groups excluding tert-OH is 1. The van der Waals surface area contributed by atoms with Crippen molar-refractivity contribution in [1.82, 2.24) is 0 Å². The molecule has 1 atom stereocenters. The van der Waals surface area contributed by atoms with Crippen molar-refractivity contribution in [2.24, 2.45) is 0 Å². The monoisotopic (exact) mass is 326 g/mol. The van der Waals surface area contributed by atoms with Crippen LogP contribution in [0.2, 0.25) is 0 Å². The van der Waals surface area contributed by atoms with E-state index in [-0.39, 0.29) is 22.8 Å². The number of hydrogen-bond donors (Lipinski definition) is 2. The van der Waals surface area contributed by atoms with E-state index in [0.29, 0.717) is 11.5 Å². The summed E-state index contributed by atoms with van der Waals surface area (Å²) in [7, 11) is 0.781. The fraction of sp³-hybridized carbons (Fsp3) is 0.667. The summed E-state index contributed by atoms with van der Waals surface area (Å²) < 4.78 is 5.55. The summed E-state index contributed by atoms with van der Waals surface area (Å²) >= 11 is 0. The van der Waals surface area contributed by atoms with Crippen molar-refractivity contribution in [1.29, 1.82) is 0 Å². The number of methoxy groups -OCH3 is 1. The Balaban J connectivity index is 3.70. The summed E-state index contributed by atoms with van der Waals surface area (Å²) in [6, 6.07) is 3.88. The largest absolute Gasteiger partial charge is 0.507 e. The van der Waals surface area contributed by atoms with Gasteiger partial charge in [-0.1, -0.05) is 62.5 Å². The van der Waals surface area contributed by atoms with Crippen LogP contribution in [-0.4, -0.2) is 34.2 Å². The highest BCUT2D eigenvalue weighted by molar-refractivity contribution is 7.69. The minimum absolute atomic E-state index is 0.0675. The molecule has 0 aliphatic rings. The lowest BCUT2D eigenvalue weighted by molar-refractivity contribution is 0.261. The quantitative estimate of drug-likeness (QED) is 0.797. The third-order valence-electron chi connectivity index (χ3n) is 3.87. The van der Waals surface area contributed by atoms with Gasteiger partial charge in [-0.15, -0.1) is 0 Å². The number of phenolic OH excluding ortho intramolecular Hbond substituents is 1. The molecule has 0 saturated carbocycles. The molecule has 0 aromatic heterocycles. The average molecular weight is 326 g/mol. The Morgan fingerprint density at radius 1 is 1.14 bits per heavy atom. The van der Waals surface area contributed by atoms with E-state index in [0.717, 1.165) is 10.9 Å². The molecule has 0 bridgehead atoms. The van der Waals surface area contributed by atoms with Crippen LogP contribution >= 0.6 is 7.92 Å². The second-order valence-corrected chi connectivity index (χ2v) is 11.4. The third kappa shape index (κ3) is 3.75. The molecular weight excluding hydrogens is 295 g/mol. The van der Waals surface area contributed by atoms with Crippen molar-refractivity contribution in [2.45, 2.75) is 64.7 Å². The lowest BCUT2D eigenvalue weighted by Crippen LogP contribution is -2.36. The zero-order chi connectivity index (χ0) is 17.3. The molecule has 0 heterocycles. The fourth-order valence-electron chi connectivity index (χ4n) is 3.04. The average Bonchev–Trinajstić information content (AvgIpc) is 2.38. The van der Waals surface area contributed by atoms with Crippen LogP contribution in [0.4, 0.5) is 0 Å². The molecule has 4 heteroatoms. The molecular formula is C18H31O3P. The molecule has 22 heavy (non-hydrogen) atoms. The lowest BCUT2D eigenvalue weighted by Gasteiger charge is -2.43. The number of aromatic hydroxyl groups is 1. The normalized spacial score (nSPS) is 14.3. The summed E-state index contributed by atoms with van der Waals surface area (Å²) in [6.45, 7) is 14.8. The van der Waals surface area contributed by atoms with Crippen molar-refractivity contribution < 1.29 is 14.9 Å². The van der Waals surface area contributed by atoms with E-state index < -0.39 is 7.92 Å². The van der Waals surface area contributed by atoms with Crippen LogP contribution in [0, 0.1) is 0 Å². The second kappa shape index (κ2) is 6.76. The third-order valence-corrected chi connectivity index (χ3v) is 7.45. The number of hydrogen-bond acceptors (Lipinski definition) is 3. The van der Waals surface area contributed by atoms with Crippen LogP contribution in [-0.2, 0) is 0 Å². The molecule has 126 valence electrons. The predicted octanol–water partition coefficient (Wildman–Crippen LogP) is 4.20. The Morgan fingerprint density at radius 2 is 1.68 bits per heavy atom. The molecule has 0 amide bonds. The highest BCUT2D eigenvalue weighted by Crippen LogP contribution is 2.61. The van der Waals surface area contributed by atoms with Gasteiger partial charge in [0.05, 0.1) is 19.0 Å². The maximum Gasteiger partial charge on any atom is 0.130 e. The van der Waals surface area contributed by atoms with E-state index in [4.69, 9.17) is 4.74 Å². The molecule has 2 N–H and O–H groups in total. The van der Waals surface area contributed by atoms with Crippen molar-refractivity contribution in [3.05, 3.63) is 17.7 Å². The standard InChI is InChI=1S/C18H31O3P/c1-12(2)13-9-10-14(21-8)16(15(13)20)22(17(3,4)5)18(6,7)11-19/h9-10,12,19-20H,11H2,1-8H3. The van der Waals surface area contributed by atoms with E-state index in [1.54, 1.807) is 7.11 Å². The molecule has 1 rings (SSSR count). The first kappa shape index (κ1) is 19.3. The SMILES string of the molecule is COc1ccc(C(C)C)c(O)c1P(C(C)(C)C)C(C)(C)CO. The van der Waals surface area contributed by atoms with Gasteiger partial charge in [-0.25, -0.2) is 0 Å². The minimum atomic E-state index is -0.854. The summed E-state index contributed by atoms with van der Waals surface area (Å²) in [5.41, 5.74) is 0.932. The topological polar surface area (TPSA) is 49.7 Å². The van der Waals surface area contributed by atoms with E-state index in [1.807, 2.05) is 12.1 Å². The smallest absolute Gasteiger partial charge is 0.130 e. The maximum absolute atomic E-state index is 10.9. The number of rotatable bonds is 5. The Labute approximate surface area is 136 Å². The Morgan fingerprint density at radius 3 is 2.05 bits per heavy atom. The molecule has 3 nitrogen and oxygen atoms in total. The van der Waals surface area contributed by atoms with E-state index in [2.05, 4.69) is 48.5 Å². The van der Waals surface area contributed by atoms with E-state index in [1.165, 1.54) is 0 Å². The van der Waals surface area contributed by atoms with Gasteiger partial charge in [0.15, 0.2) is 0 Å². The van der Waals surface area contributed by atoms with Crippen LogP contribution in [0.3, 0.4) is 0 Å². The first-order valence-corrected chi connectivity index (χ1v) is 9.12. The summed E-state index contributed by atoms with van der Waals surface area (Å²) in [4.78, 5) is 0. The predicted molar refractivity (Wildman–Crippen MR) is 96.2 cm³/mol. The van der Waals surface area contributed by atoms with Crippen LogP contribution in [0.1, 0.15) is 59.9 Å². The Bertz CT molecular complexity index is 516. The molecule has 1 unspecified atom stereocenters. The van der Waals surface area contributed by atoms with Gasteiger partial charge < -0.3 is 14.9 Å². The molecule has 0 spiro atoms. The highest BCUT2D eigenvalue weighted by atomic mass is 31.1. The first-order chi connectivity index (χ1) is 9.97. The lowest BCUT2D eigenvalue weighted by atomic mass is 10.0. The highest BCUT2D eigenvalue weighted by Gasteiger charge is 2.42. The van der Waals surface area contributed by atoms with Gasteiger partial charge in [-0.3, -0.25) is 0 Å². The Kier molecular flexibility index (Phi) is 5.92. The van der Waals surface area contributed by atoms with Crippen molar-refractivity contribution in [3.63, 3.8) is 0 Å². The number of ether oxygens (including phenoxy) is 1. The molecule has 0 radical (unpaired) electrons. The fourth-order valence-corrected chi connectivity index (χ4v) is 7.00. The van der Waals surface area contributed by atoms with Crippen molar-refractivity contribution in [2.75, 3.05) is 13.7 Å². The van der Waals surface area contributed by atoms with Crippen LogP contribution in [0.15, 0.2) is 12.1 Å². The van der Waals surface area contributed by atoms with Crippen LogP contribution < -0.4 is 10.0 Å². The van der Waals surface area contributed by atoms with Gasteiger partial charge in [0.25, 0.3) is 0 Å². The van der Waals surface area contributed by atoms with Crippen LogP contribution in [0.25, 0.3) is 0 Å². The number of aliphatic hydroxyl groups is 1. The molecule has 0 aliphatic carbocycles. The number of phenols is 1. The minimum Gasteiger partial charge on any atom is -0.507 e. The zero-order valence-corrected chi connectivity index (χ0v) is 16.1. The molecule has 0 saturated heterocycles. The van der Waals surface area contributed by atoms with Gasteiger partial charge in [0.1, 0.15) is 11.5 Å². The molecule has 1 aromatic carbocycles. The van der Waals surface area contributed by atoms with Gasteiger partial charge >= 0.3 is 0 Å². The Hall–Kier alpha value is -0.790. The summed E-state index contributed by atoms with van der Waals surface area (Å²) in [5, 5.41) is 21.3. The van der Waals surface area contributed by atoms with Crippen molar-refractivity contribution >= 4 is 13.2 Å². The van der Waals surface area contributed by atoms with Crippen LogP contribution in [0.5, 0.6) is 11.5 Å².